The Morgan fingerprint density at radius 2 is 2.06 bits per heavy atom. The number of ether oxygens (including phenoxy) is 1. The van der Waals surface area contributed by atoms with Gasteiger partial charge in [0.25, 0.3) is 0 Å². The molecule has 4 heteroatoms. The fourth-order valence-electron chi connectivity index (χ4n) is 1.78. The molecular weight excluding hydrogens is 208 g/mol. The van der Waals surface area contributed by atoms with Gasteiger partial charge in [-0.1, -0.05) is 0 Å². The van der Waals surface area contributed by atoms with Crippen LogP contribution in [0.15, 0.2) is 11.1 Å². The summed E-state index contributed by atoms with van der Waals surface area (Å²) in [5, 5.41) is 9.59. The quantitative estimate of drug-likeness (QED) is 0.568. The lowest BCUT2D eigenvalue weighted by Gasteiger charge is -2.21. The van der Waals surface area contributed by atoms with Gasteiger partial charge in [0.1, 0.15) is 11.9 Å². The van der Waals surface area contributed by atoms with Crippen molar-refractivity contribution in [2.45, 2.75) is 45.8 Å². The van der Waals surface area contributed by atoms with E-state index in [2.05, 4.69) is 0 Å². The third kappa shape index (κ3) is 2.70. The van der Waals surface area contributed by atoms with E-state index in [9.17, 15) is 14.7 Å². The third-order valence-corrected chi connectivity index (χ3v) is 2.56. The molecule has 1 aliphatic carbocycles. The summed E-state index contributed by atoms with van der Waals surface area (Å²) in [5.41, 5.74) is 0.273. The van der Waals surface area contributed by atoms with Crippen molar-refractivity contribution < 1.29 is 19.4 Å². The number of aldehydes is 1. The first-order valence-corrected chi connectivity index (χ1v) is 5.33. The SMILES string of the molecule is CC1=C(C(=O)OC(C)(C)C)[C@@H](C=O)C[C@H]1O. The van der Waals surface area contributed by atoms with Crippen LogP contribution < -0.4 is 0 Å². The van der Waals surface area contributed by atoms with Gasteiger partial charge in [0.2, 0.25) is 0 Å². The Morgan fingerprint density at radius 1 is 1.50 bits per heavy atom. The Bertz CT molecular complexity index is 335. The molecule has 1 rings (SSSR count). The number of esters is 1. The highest BCUT2D eigenvalue weighted by molar-refractivity contribution is 5.95. The van der Waals surface area contributed by atoms with Crippen LogP contribution in [0.4, 0.5) is 0 Å². The molecule has 0 amide bonds. The number of hydrogen-bond acceptors (Lipinski definition) is 4. The second kappa shape index (κ2) is 4.37. The summed E-state index contributed by atoms with van der Waals surface area (Å²) >= 11 is 0. The predicted octanol–water partition coefficient (Wildman–Crippen LogP) is 1.22. The lowest BCUT2D eigenvalue weighted by atomic mass is 10.0. The maximum absolute atomic E-state index is 11.8. The average Bonchev–Trinajstić information content (AvgIpc) is 2.40. The van der Waals surface area contributed by atoms with Crippen molar-refractivity contribution in [1.29, 1.82) is 0 Å². The highest BCUT2D eigenvalue weighted by Crippen LogP contribution is 2.32. The van der Waals surface area contributed by atoms with Gasteiger partial charge in [-0.15, -0.1) is 0 Å². The van der Waals surface area contributed by atoms with Crippen molar-refractivity contribution in [1.82, 2.24) is 0 Å². The number of carbonyl (C=O) groups excluding carboxylic acids is 2. The fourth-order valence-corrected chi connectivity index (χ4v) is 1.78. The van der Waals surface area contributed by atoms with E-state index in [0.29, 0.717) is 17.4 Å². The first-order chi connectivity index (χ1) is 7.26. The molecule has 0 fully saturated rings. The lowest BCUT2D eigenvalue weighted by Crippen LogP contribution is -2.26. The van der Waals surface area contributed by atoms with Gasteiger partial charge in [-0.2, -0.15) is 0 Å². The summed E-state index contributed by atoms with van der Waals surface area (Å²) < 4.78 is 5.21. The summed E-state index contributed by atoms with van der Waals surface area (Å²) in [7, 11) is 0. The molecular formula is C12H18O4. The largest absolute Gasteiger partial charge is 0.457 e. The number of rotatable bonds is 2. The molecule has 4 nitrogen and oxygen atoms in total. The van der Waals surface area contributed by atoms with E-state index in [1.165, 1.54) is 0 Å². The molecule has 0 aromatic rings. The van der Waals surface area contributed by atoms with E-state index in [1.807, 2.05) is 0 Å². The minimum absolute atomic E-state index is 0.282. The van der Waals surface area contributed by atoms with Crippen LogP contribution in [0.5, 0.6) is 0 Å². The molecule has 90 valence electrons. The van der Waals surface area contributed by atoms with Gasteiger partial charge < -0.3 is 14.6 Å². The number of aliphatic hydroxyl groups excluding tert-OH is 1. The molecule has 0 unspecified atom stereocenters. The van der Waals surface area contributed by atoms with Crippen molar-refractivity contribution in [2.24, 2.45) is 5.92 Å². The number of hydrogen-bond donors (Lipinski definition) is 1. The van der Waals surface area contributed by atoms with Gasteiger partial charge in [-0.05, 0) is 39.7 Å². The first kappa shape index (κ1) is 12.9. The Kier molecular flexibility index (Phi) is 3.53. The molecule has 0 aromatic carbocycles. The Morgan fingerprint density at radius 3 is 2.50 bits per heavy atom. The standard InChI is InChI=1S/C12H18O4/c1-7-9(14)5-8(6-13)10(7)11(15)16-12(2,3)4/h6,8-9,14H,5H2,1-4H3/t8-,9-/m1/s1. The summed E-state index contributed by atoms with van der Waals surface area (Å²) in [6.45, 7) is 6.96. The van der Waals surface area contributed by atoms with E-state index in [-0.39, 0.29) is 6.42 Å². The Labute approximate surface area is 95.3 Å². The van der Waals surface area contributed by atoms with Crippen molar-refractivity contribution in [3.8, 4) is 0 Å². The molecule has 0 aromatic heterocycles. The van der Waals surface area contributed by atoms with Gasteiger partial charge in [-0.3, -0.25) is 0 Å². The molecule has 2 atom stereocenters. The van der Waals surface area contributed by atoms with Crippen LogP contribution in [0.3, 0.4) is 0 Å². The second-order valence-corrected chi connectivity index (χ2v) is 5.09. The monoisotopic (exact) mass is 226 g/mol. The van der Waals surface area contributed by atoms with Gasteiger partial charge in [0.05, 0.1) is 6.10 Å². The summed E-state index contributed by atoms with van der Waals surface area (Å²) in [4.78, 5) is 22.7. The highest BCUT2D eigenvalue weighted by Gasteiger charge is 2.36. The smallest absolute Gasteiger partial charge is 0.335 e. The zero-order valence-electron chi connectivity index (χ0n) is 10.1. The molecule has 0 bridgehead atoms. The van der Waals surface area contributed by atoms with E-state index in [0.717, 1.165) is 0 Å². The second-order valence-electron chi connectivity index (χ2n) is 5.09. The number of carbonyl (C=O) groups is 2. The van der Waals surface area contributed by atoms with Crippen molar-refractivity contribution in [2.75, 3.05) is 0 Å². The third-order valence-electron chi connectivity index (χ3n) is 2.56. The Balaban J connectivity index is 2.93. The molecule has 16 heavy (non-hydrogen) atoms. The van der Waals surface area contributed by atoms with Gasteiger partial charge in [0.15, 0.2) is 0 Å². The number of aliphatic hydroxyl groups is 1. The van der Waals surface area contributed by atoms with Crippen LogP contribution in [0, 0.1) is 5.92 Å². The van der Waals surface area contributed by atoms with Crippen LogP contribution in [0.1, 0.15) is 34.1 Å². The molecule has 1 N–H and O–H groups in total. The van der Waals surface area contributed by atoms with Crippen molar-refractivity contribution >= 4 is 12.3 Å². The predicted molar refractivity (Wildman–Crippen MR) is 58.7 cm³/mol. The molecule has 0 heterocycles. The summed E-state index contributed by atoms with van der Waals surface area (Å²) in [6.07, 6.45) is 0.265. The fraction of sp³-hybridized carbons (Fsp3) is 0.667. The maximum atomic E-state index is 11.8. The topological polar surface area (TPSA) is 63.6 Å². The van der Waals surface area contributed by atoms with Crippen LogP contribution in [0.2, 0.25) is 0 Å². The van der Waals surface area contributed by atoms with Crippen molar-refractivity contribution in [3.05, 3.63) is 11.1 Å². The van der Waals surface area contributed by atoms with Crippen molar-refractivity contribution in [3.63, 3.8) is 0 Å². The summed E-state index contributed by atoms with van der Waals surface area (Å²) in [6, 6.07) is 0. The van der Waals surface area contributed by atoms with Crippen LogP contribution in [-0.2, 0) is 14.3 Å². The van der Waals surface area contributed by atoms with Crippen LogP contribution >= 0.6 is 0 Å². The first-order valence-electron chi connectivity index (χ1n) is 5.33. The van der Waals surface area contributed by atoms with Gasteiger partial charge in [-0.25, -0.2) is 4.79 Å². The van der Waals surface area contributed by atoms with Crippen LogP contribution in [0.25, 0.3) is 0 Å². The zero-order chi connectivity index (χ0) is 12.5. The molecule has 0 spiro atoms. The van der Waals surface area contributed by atoms with Gasteiger partial charge >= 0.3 is 5.97 Å². The van der Waals surface area contributed by atoms with Gasteiger partial charge in [0, 0.05) is 11.5 Å². The molecule has 0 radical (unpaired) electrons. The van der Waals surface area contributed by atoms with E-state index in [1.54, 1.807) is 27.7 Å². The van der Waals surface area contributed by atoms with E-state index >= 15 is 0 Å². The average molecular weight is 226 g/mol. The van der Waals surface area contributed by atoms with Crippen LogP contribution in [-0.4, -0.2) is 29.1 Å². The molecule has 0 saturated carbocycles. The zero-order valence-corrected chi connectivity index (χ0v) is 10.1. The highest BCUT2D eigenvalue weighted by atomic mass is 16.6. The lowest BCUT2D eigenvalue weighted by molar-refractivity contribution is -0.150. The minimum atomic E-state index is -0.710. The Hall–Kier alpha value is -1.16. The van der Waals surface area contributed by atoms with E-state index in [4.69, 9.17) is 4.74 Å². The van der Waals surface area contributed by atoms with E-state index < -0.39 is 23.6 Å². The maximum Gasteiger partial charge on any atom is 0.335 e. The molecule has 0 saturated heterocycles. The summed E-state index contributed by atoms with van der Waals surface area (Å²) in [5.74, 6) is -1.04. The molecule has 0 aliphatic heterocycles. The normalized spacial score (nSPS) is 25.8. The molecule has 1 aliphatic rings. The minimum Gasteiger partial charge on any atom is -0.457 e.